The van der Waals surface area contributed by atoms with Crippen molar-refractivity contribution in [2.45, 2.75) is 135 Å². The molecule has 0 fully saturated rings. The van der Waals surface area contributed by atoms with Crippen molar-refractivity contribution in [2.24, 2.45) is 0 Å². The van der Waals surface area contributed by atoms with Crippen molar-refractivity contribution in [1.82, 2.24) is 0 Å². The summed E-state index contributed by atoms with van der Waals surface area (Å²) in [6.07, 6.45) is 26.6. The van der Waals surface area contributed by atoms with E-state index in [0.717, 1.165) is 18.9 Å². The van der Waals surface area contributed by atoms with Crippen molar-refractivity contribution in [3.8, 4) is 0 Å². The monoisotopic (exact) mass is 520 g/mol. The quantitative estimate of drug-likeness (QED) is 0.0754. The van der Waals surface area contributed by atoms with E-state index in [4.69, 9.17) is 0 Å². The molecule has 0 heterocycles. The zero-order valence-electron chi connectivity index (χ0n) is 23.5. The third kappa shape index (κ3) is 15.5. The van der Waals surface area contributed by atoms with Crippen LogP contribution in [-0.2, 0) is 0 Å². The normalized spacial score (nSPS) is 11.0. The summed E-state index contributed by atoms with van der Waals surface area (Å²) in [6, 6.07) is 2.47. The van der Waals surface area contributed by atoms with Gasteiger partial charge in [0.05, 0.1) is 15.9 Å². The van der Waals surface area contributed by atoms with Crippen molar-refractivity contribution in [3.05, 3.63) is 32.4 Å². The molecule has 2 N–H and O–H groups in total. The average Bonchev–Trinajstić information content (AvgIpc) is 2.88. The predicted molar refractivity (Wildman–Crippen MR) is 156 cm³/mol. The first-order valence-electron chi connectivity index (χ1n) is 14.9. The van der Waals surface area contributed by atoms with Crippen molar-refractivity contribution in [2.75, 3.05) is 24.2 Å². The molecule has 0 saturated heterocycles. The molecule has 1 aromatic rings. The lowest BCUT2D eigenvalue weighted by Gasteiger charge is -2.10. The topological polar surface area (TPSA) is 110 Å². The second-order valence-electron chi connectivity index (χ2n) is 10.3. The third-order valence-electron chi connectivity index (χ3n) is 7.12. The van der Waals surface area contributed by atoms with Crippen LogP contribution in [0.4, 0.5) is 22.7 Å². The number of benzene rings is 1. The van der Waals surface area contributed by atoms with Crippen LogP contribution >= 0.6 is 0 Å². The molecule has 0 saturated carbocycles. The number of nitro groups is 2. The Morgan fingerprint density at radius 3 is 1.27 bits per heavy atom. The van der Waals surface area contributed by atoms with Gasteiger partial charge in [-0.25, -0.2) is 0 Å². The smallest absolute Gasteiger partial charge is 0.299 e. The minimum absolute atomic E-state index is 0.265. The van der Waals surface area contributed by atoms with E-state index in [1.165, 1.54) is 122 Å². The van der Waals surface area contributed by atoms with Gasteiger partial charge in [-0.15, -0.1) is 0 Å². The van der Waals surface area contributed by atoms with Gasteiger partial charge in [0, 0.05) is 13.6 Å². The van der Waals surface area contributed by atoms with Gasteiger partial charge >= 0.3 is 0 Å². The van der Waals surface area contributed by atoms with Gasteiger partial charge in [0.1, 0.15) is 11.4 Å². The molecule has 8 heteroatoms. The molecule has 0 aliphatic carbocycles. The molecule has 0 aliphatic rings. The van der Waals surface area contributed by atoms with Gasteiger partial charge in [-0.2, -0.15) is 0 Å². The fourth-order valence-electron chi connectivity index (χ4n) is 4.82. The highest BCUT2D eigenvalue weighted by atomic mass is 16.6. The summed E-state index contributed by atoms with van der Waals surface area (Å²) in [5.74, 6) is 0. The van der Waals surface area contributed by atoms with Crippen LogP contribution < -0.4 is 10.6 Å². The lowest BCUT2D eigenvalue weighted by molar-refractivity contribution is -0.393. The molecule has 0 radical (unpaired) electrons. The van der Waals surface area contributed by atoms with E-state index < -0.39 is 9.85 Å². The summed E-state index contributed by atoms with van der Waals surface area (Å²) in [6.45, 7) is 2.89. The molecular formula is C29H52N4O4. The Balaban J connectivity index is 1.98. The fraction of sp³-hybridized carbons (Fsp3) is 0.793. The maximum atomic E-state index is 11.3. The lowest BCUT2D eigenvalue weighted by atomic mass is 10.0. The van der Waals surface area contributed by atoms with Crippen LogP contribution in [0, 0.1) is 20.2 Å². The minimum Gasteiger partial charge on any atom is -0.382 e. The van der Waals surface area contributed by atoms with Gasteiger partial charge in [-0.05, 0) is 12.5 Å². The molecule has 37 heavy (non-hydrogen) atoms. The maximum Gasteiger partial charge on any atom is 0.299 e. The van der Waals surface area contributed by atoms with Gasteiger partial charge in [-0.1, -0.05) is 129 Å². The van der Waals surface area contributed by atoms with Gasteiger partial charge < -0.3 is 10.6 Å². The zero-order chi connectivity index (χ0) is 27.1. The number of nitrogens with zero attached hydrogens (tertiary/aromatic N) is 2. The van der Waals surface area contributed by atoms with E-state index in [9.17, 15) is 20.2 Å². The molecule has 0 spiro atoms. The summed E-state index contributed by atoms with van der Waals surface area (Å²) in [4.78, 5) is 21.3. The summed E-state index contributed by atoms with van der Waals surface area (Å²) in [7, 11) is 1.57. The van der Waals surface area contributed by atoms with Crippen LogP contribution in [0.2, 0.25) is 0 Å². The Kier molecular flexibility index (Phi) is 19.1. The lowest BCUT2D eigenvalue weighted by Crippen LogP contribution is -2.06. The number of hydrogen-bond donors (Lipinski definition) is 2. The summed E-state index contributed by atoms with van der Waals surface area (Å²) < 4.78 is 0. The number of nitrogens with one attached hydrogen (secondary N) is 2. The average molecular weight is 521 g/mol. The maximum absolute atomic E-state index is 11.3. The van der Waals surface area contributed by atoms with Crippen LogP contribution in [0.15, 0.2) is 12.1 Å². The molecule has 0 amide bonds. The number of unbranched alkanes of at least 4 members (excludes halogenated alkanes) is 19. The van der Waals surface area contributed by atoms with Gasteiger partial charge in [0.25, 0.3) is 11.4 Å². The highest BCUT2D eigenvalue weighted by Crippen LogP contribution is 2.35. The van der Waals surface area contributed by atoms with Crippen molar-refractivity contribution in [1.29, 1.82) is 0 Å². The largest absolute Gasteiger partial charge is 0.382 e. The van der Waals surface area contributed by atoms with E-state index in [-0.39, 0.29) is 17.1 Å². The Labute approximate surface area is 224 Å². The van der Waals surface area contributed by atoms with Crippen molar-refractivity contribution in [3.63, 3.8) is 0 Å². The molecular weight excluding hydrogens is 468 g/mol. The first kappa shape index (κ1) is 32.6. The first-order chi connectivity index (χ1) is 18.0. The second-order valence-corrected chi connectivity index (χ2v) is 10.3. The molecule has 8 nitrogen and oxygen atoms in total. The molecule has 1 aromatic carbocycles. The first-order valence-corrected chi connectivity index (χ1v) is 14.9. The van der Waals surface area contributed by atoms with Crippen LogP contribution in [0.1, 0.15) is 135 Å². The standard InChI is InChI=1S/C29H52N4O4/c1-3-4-5-6-7-8-9-10-11-12-13-14-15-16-17-18-19-20-21-22-23-31-27-24-26(30-2)28(32(34)35)25-29(27)33(36)37/h24-25,30-31H,3-23H2,1-2H3. The Bertz CT molecular complexity index is 758. The highest BCUT2D eigenvalue weighted by molar-refractivity contribution is 5.76. The van der Waals surface area contributed by atoms with Crippen molar-refractivity contribution < 1.29 is 9.85 Å². The van der Waals surface area contributed by atoms with Gasteiger partial charge in [0.15, 0.2) is 0 Å². The van der Waals surface area contributed by atoms with Gasteiger partial charge in [-0.3, -0.25) is 20.2 Å². The number of rotatable bonds is 25. The molecule has 0 unspecified atom stereocenters. The van der Waals surface area contributed by atoms with Gasteiger partial charge in [0.2, 0.25) is 0 Å². The Morgan fingerprint density at radius 2 is 0.919 bits per heavy atom. The summed E-state index contributed by atoms with van der Waals surface area (Å²) >= 11 is 0. The van der Waals surface area contributed by atoms with E-state index in [0.29, 0.717) is 12.2 Å². The summed E-state index contributed by atoms with van der Waals surface area (Å²) in [5.41, 5.74) is 0.0248. The molecule has 0 atom stereocenters. The summed E-state index contributed by atoms with van der Waals surface area (Å²) in [5, 5.41) is 28.3. The molecule has 212 valence electrons. The van der Waals surface area contributed by atoms with Crippen molar-refractivity contribution >= 4 is 22.7 Å². The third-order valence-corrected chi connectivity index (χ3v) is 7.12. The molecule has 0 aliphatic heterocycles. The van der Waals surface area contributed by atoms with E-state index in [1.807, 2.05) is 0 Å². The Hall–Kier alpha value is -2.38. The number of nitro benzene ring substituents is 2. The van der Waals surface area contributed by atoms with E-state index >= 15 is 0 Å². The number of hydrogen-bond acceptors (Lipinski definition) is 6. The predicted octanol–water partition coefficient (Wildman–Crippen LogP) is 9.78. The zero-order valence-corrected chi connectivity index (χ0v) is 23.5. The van der Waals surface area contributed by atoms with Crippen LogP contribution in [0.25, 0.3) is 0 Å². The fourth-order valence-corrected chi connectivity index (χ4v) is 4.82. The van der Waals surface area contributed by atoms with Crippen LogP contribution in [0.5, 0.6) is 0 Å². The van der Waals surface area contributed by atoms with E-state index in [2.05, 4.69) is 17.6 Å². The highest BCUT2D eigenvalue weighted by Gasteiger charge is 2.23. The van der Waals surface area contributed by atoms with Crippen LogP contribution in [-0.4, -0.2) is 23.4 Å². The van der Waals surface area contributed by atoms with E-state index in [1.54, 1.807) is 7.05 Å². The number of anilines is 2. The SMILES string of the molecule is CCCCCCCCCCCCCCCCCCCCCCNc1cc(NC)c([N+](=O)[O-])cc1[N+](=O)[O-]. The minimum atomic E-state index is -0.610. The molecule has 0 aromatic heterocycles. The Morgan fingerprint density at radius 1 is 0.568 bits per heavy atom. The van der Waals surface area contributed by atoms with Crippen LogP contribution in [0.3, 0.4) is 0 Å². The second kappa shape index (κ2) is 21.7. The molecule has 1 rings (SSSR count). The molecule has 0 bridgehead atoms.